The van der Waals surface area contributed by atoms with Crippen molar-refractivity contribution in [2.24, 2.45) is 17.8 Å². The number of methoxy groups -OCH3 is 1. The first-order valence-corrected chi connectivity index (χ1v) is 17.6. The van der Waals surface area contributed by atoms with Crippen LogP contribution in [0, 0.1) is 17.8 Å². The minimum absolute atomic E-state index is 0.140. The van der Waals surface area contributed by atoms with Crippen LogP contribution in [0.4, 0.5) is 5.69 Å². The molecule has 0 unspecified atom stereocenters. The number of rotatable bonds is 13. The van der Waals surface area contributed by atoms with E-state index in [2.05, 4.69) is 17.4 Å². The summed E-state index contributed by atoms with van der Waals surface area (Å²) in [5.74, 6) is 2.36. The molecule has 1 N–H and O–H groups in total. The van der Waals surface area contributed by atoms with Crippen LogP contribution in [0.2, 0.25) is 0 Å². The molecule has 4 aliphatic carbocycles. The Kier molecular flexibility index (Phi) is 9.40. The van der Waals surface area contributed by atoms with E-state index in [0.717, 1.165) is 42.4 Å². The highest BCUT2D eigenvalue weighted by molar-refractivity contribution is 7.92. The number of carbonyl (C=O) groups excluding carboxylic acids is 2. The number of amides is 2. The van der Waals surface area contributed by atoms with E-state index in [9.17, 15) is 18.0 Å². The molecule has 4 saturated carbocycles. The average molecular weight is 610 g/mol. The van der Waals surface area contributed by atoms with Gasteiger partial charge in [-0.3, -0.25) is 13.9 Å². The quantitative estimate of drug-likeness (QED) is 0.313. The smallest absolute Gasteiger partial charge is 0.244 e. The zero-order chi connectivity index (χ0) is 30.8. The Morgan fingerprint density at radius 3 is 2.21 bits per heavy atom. The molecule has 4 fully saturated rings. The maximum absolute atomic E-state index is 13.9. The summed E-state index contributed by atoms with van der Waals surface area (Å²) >= 11 is 0. The Hall–Kier alpha value is -3.07. The van der Waals surface area contributed by atoms with E-state index in [1.807, 2.05) is 43.3 Å². The van der Waals surface area contributed by atoms with E-state index < -0.39 is 28.5 Å². The number of hydrogen-bond acceptors (Lipinski definition) is 5. The van der Waals surface area contributed by atoms with Crippen LogP contribution in [-0.4, -0.2) is 57.6 Å². The fourth-order valence-electron chi connectivity index (χ4n) is 8.15. The second kappa shape index (κ2) is 12.9. The molecule has 0 heterocycles. The first kappa shape index (κ1) is 31.4. The molecule has 0 aliphatic heterocycles. The Bertz CT molecular complexity index is 1370. The minimum atomic E-state index is -3.79. The van der Waals surface area contributed by atoms with E-state index in [1.165, 1.54) is 53.3 Å². The van der Waals surface area contributed by atoms with Gasteiger partial charge in [0.15, 0.2) is 0 Å². The van der Waals surface area contributed by atoms with Crippen LogP contribution in [0.25, 0.3) is 0 Å². The molecular weight excluding hydrogens is 562 g/mol. The van der Waals surface area contributed by atoms with Crippen LogP contribution < -0.4 is 14.4 Å². The lowest BCUT2D eigenvalue weighted by molar-refractivity contribution is -0.139. The maximum atomic E-state index is 13.9. The lowest BCUT2D eigenvalue weighted by Crippen LogP contribution is -2.51. The van der Waals surface area contributed by atoms with Gasteiger partial charge in [0.25, 0.3) is 0 Å². The standard InChI is InChI=1S/C34H47N3O5S/c1-5-6-14-35-33(39)24(2)36(22-25-8-7-9-31(18-25)42-3)32(38)23-37(43(4,40)41)30-12-10-29(11-13-30)34-19-26-15-27(20-34)17-28(16-26)21-34/h7-13,18,24,26-28H,5-6,14-17,19-23H2,1-4H3,(H,35,39)/t24-,26?,27?,28?,34?/m0/s1. The summed E-state index contributed by atoms with van der Waals surface area (Å²) in [6.45, 7) is 3.99. The summed E-state index contributed by atoms with van der Waals surface area (Å²) in [5.41, 5.74) is 2.75. The summed E-state index contributed by atoms with van der Waals surface area (Å²) in [5, 5.41) is 2.91. The van der Waals surface area contributed by atoms with Gasteiger partial charge >= 0.3 is 0 Å². The zero-order valence-electron chi connectivity index (χ0n) is 26.1. The lowest BCUT2D eigenvalue weighted by Gasteiger charge is -2.57. The van der Waals surface area contributed by atoms with Gasteiger partial charge in [-0.1, -0.05) is 37.6 Å². The van der Waals surface area contributed by atoms with Crippen LogP contribution in [-0.2, 0) is 31.6 Å². The van der Waals surface area contributed by atoms with Crippen LogP contribution in [0.3, 0.4) is 0 Å². The highest BCUT2D eigenvalue weighted by atomic mass is 32.2. The summed E-state index contributed by atoms with van der Waals surface area (Å²) in [6.07, 6.45) is 10.7. The van der Waals surface area contributed by atoms with Crippen LogP contribution >= 0.6 is 0 Å². The predicted octanol–water partition coefficient (Wildman–Crippen LogP) is 5.26. The monoisotopic (exact) mass is 609 g/mol. The second-order valence-electron chi connectivity index (χ2n) is 13.2. The molecule has 0 spiro atoms. The number of hydrogen-bond donors (Lipinski definition) is 1. The largest absolute Gasteiger partial charge is 0.497 e. The topological polar surface area (TPSA) is 96.0 Å². The summed E-state index contributed by atoms with van der Waals surface area (Å²) in [6, 6.07) is 14.4. The SMILES string of the molecule is CCCCNC(=O)[C@H](C)N(Cc1cccc(OC)c1)C(=O)CN(c1ccc(C23CC4CC(CC(C4)C2)C3)cc1)S(C)(=O)=O. The molecule has 4 bridgehead atoms. The van der Waals surface area contributed by atoms with Crippen molar-refractivity contribution in [1.82, 2.24) is 10.2 Å². The Morgan fingerprint density at radius 2 is 1.65 bits per heavy atom. The van der Waals surface area contributed by atoms with E-state index in [-0.39, 0.29) is 17.9 Å². The normalized spacial score (nSPS) is 24.8. The van der Waals surface area contributed by atoms with Gasteiger partial charge in [0.2, 0.25) is 21.8 Å². The Labute approximate surface area is 257 Å². The van der Waals surface area contributed by atoms with Crippen LogP contribution in [0.15, 0.2) is 48.5 Å². The van der Waals surface area contributed by atoms with Gasteiger partial charge < -0.3 is 15.0 Å². The molecule has 2 aromatic carbocycles. The van der Waals surface area contributed by atoms with Crippen molar-refractivity contribution in [3.05, 3.63) is 59.7 Å². The third kappa shape index (κ3) is 7.03. The van der Waals surface area contributed by atoms with E-state index in [4.69, 9.17) is 4.74 Å². The van der Waals surface area contributed by atoms with Crippen molar-refractivity contribution in [1.29, 1.82) is 0 Å². The third-order valence-corrected chi connectivity index (χ3v) is 11.1. The molecule has 6 rings (SSSR count). The number of carbonyl (C=O) groups is 2. The summed E-state index contributed by atoms with van der Waals surface area (Å²) < 4.78 is 32.7. The molecule has 0 radical (unpaired) electrons. The van der Waals surface area contributed by atoms with Crippen molar-refractivity contribution in [2.45, 2.75) is 83.2 Å². The Balaban J connectivity index is 1.37. The molecule has 4 aliphatic rings. The number of sulfonamides is 1. The second-order valence-corrected chi connectivity index (χ2v) is 15.1. The Morgan fingerprint density at radius 1 is 1.02 bits per heavy atom. The first-order valence-electron chi connectivity index (χ1n) is 15.8. The number of nitrogens with zero attached hydrogens (tertiary/aromatic N) is 2. The van der Waals surface area contributed by atoms with Gasteiger partial charge in [-0.25, -0.2) is 8.42 Å². The average Bonchev–Trinajstić information content (AvgIpc) is 2.97. The highest BCUT2D eigenvalue weighted by Crippen LogP contribution is 2.60. The fraction of sp³-hybridized carbons (Fsp3) is 0.588. The molecule has 9 heteroatoms. The first-order chi connectivity index (χ1) is 20.5. The third-order valence-electron chi connectivity index (χ3n) is 9.97. The fourth-order valence-corrected chi connectivity index (χ4v) is 8.99. The molecule has 43 heavy (non-hydrogen) atoms. The van der Waals surface area contributed by atoms with Gasteiger partial charge in [0.1, 0.15) is 18.3 Å². The van der Waals surface area contributed by atoms with Gasteiger partial charge in [-0.05, 0) is 110 Å². The molecule has 1 atom stereocenters. The number of unbranched alkanes of at least 4 members (excludes halogenated alkanes) is 1. The van der Waals surface area contributed by atoms with Crippen molar-refractivity contribution in [3.8, 4) is 5.75 Å². The van der Waals surface area contributed by atoms with Gasteiger partial charge in [-0.15, -0.1) is 0 Å². The molecule has 0 aromatic heterocycles. The molecule has 234 valence electrons. The van der Waals surface area contributed by atoms with Crippen LogP contribution in [0.5, 0.6) is 5.75 Å². The van der Waals surface area contributed by atoms with Gasteiger partial charge in [0.05, 0.1) is 19.1 Å². The minimum Gasteiger partial charge on any atom is -0.497 e. The summed E-state index contributed by atoms with van der Waals surface area (Å²) in [4.78, 5) is 28.4. The van der Waals surface area contributed by atoms with Gasteiger partial charge in [0, 0.05) is 13.1 Å². The van der Waals surface area contributed by atoms with Crippen molar-refractivity contribution < 1.29 is 22.7 Å². The van der Waals surface area contributed by atoms with Crippen LogP contribution in [0.1, 0.15) is 76.3 Å². The number of ether oxygens (including phenoxy) is 1. The molecule has 0 saturated heterocycles. The highest BCUT2D eigenvalue weighted by Gasteiger charge is 2.51. The predicted molar refractivity (Wildman–Crippen MR) is 169 cm³/mol. The van der Waals surface area contributed by atoms with Gasteiger partial charge in [-0.2, -0.15) is 0 Å². The van der Waals surface area contributed by atoms with E-state index in [0.29, 0.717) is 18.0 Å². The number of nitrogens with one attached hydrogen (secondary N) is 1. The van der Waals surface area contributed by atoms with Crippen molar-refractivity contribution in [3.63, 3.8) is 0 Å². The van der Waals surface area contributed by atoms with Crippen molar-refractivity contribution >= 4 is 27.5 Å². The molecule has 2 amide bonds. The van der Waals surface area contributed by atoms with E-state index in [1.54, 1.807) is 14.0 Å². The number of benzene rings is 2. The maximum Gasteiger partial charge on any atom is 0.244 e. The number of anilines is 1. The van der Waals surface area contributed by atoms with E-state index >= 15 is 0 Å². The summed E-state index contributed by atoms with van der Waals surface area (Å²) in [7, 11) is -2.21. The lowest BCUT2D eigenvalue weighted by atomic mass is 9.48. The molecular formula is C34H47N3O5S. The van der Waals surface area contributed by atoms with Crippen molar-refractivity contribution in [2.75, 3.05) is 30.8 Å². The molecule has 2 aromatic rings. The zero-order valence-corrected chi connectivity index (χ0v) is 26.9. The molecule has 8 nitrogen and oxygen atoms in total.